The molecule has 0 aliphatic carbocycles. The van der Waals surface area contributed by atoms with Crippen LogP contribution < -0.4 is 5.32 Å². The van der Waals surface area contributed by atoms with Crippen LogP contribution in [0.25, 0.3) is 0 Å². The van der Waals surface area contributed by atoms with Gasteiger partial charge in [-0.1, -0.05) is 0 Å². The molecule has 130 valence electrons. The van der Waals surface area contributed by atoms with Crippen molar-refractivity contribution < 1.29 is 18.0 Å². The van der Waals surface area contributed by atoms with Crippen molar-refractivity contribution in [3.8, 4) is 0 Å². The Balaban J connectivity index is 1.66. The number of nitrogens with zero attached hydrogens (tertiary/aromatic N) is 5. The maximum atomic E-state index is 12.8. The van der Waals surface area contributed by atoms with E-state index < -0.39 is 12.1 Å². The van der Waals surface area contributed by atoms with Gasteiger partial charge in [-0.3, -0.25) is 9.48 Å². The maximum Gasteiger partial charge on any atom is 0.392 e. The van der Waals surface area contributed by atoms with Gasteiger partial charge in [-0.15, -0.1) is 10.2 Å². The fourth-order valence-electron chi connectivity index (χ4n) is 2.83. The lowest BCUT2D eigenvalue weighted by Crippen LogP contribution is -2.32. The van der Waals surface area contributed by atoms with Crippen molar-refractivity contribution in [1.29, 1.82) is 0 Å². The van der Waals surface area contributed by atoms with Gasteiger partial charge in [0.05, 0.1) is 12.5 Å². The van der Waals surface area contributed by atoms with Gasteiger partial charge in [0.1, 0.15) is 11.5 Å². The van der Waals surface area contributed by atoms with E-state index in [0.717, 1.165) is 0 Å². The van der Waals surface area contributed by atoms with Crippen molar-refractivity contribution >= 4 is 5.91 Å². The molecule has 1 aliphatic rings. The van der Waals surface area contributed by atoms with E-state index in [4.69, 9.17) is 0 Å². The van der Waals surface area contributed by atoms with Crippen LogP contribution in [-0.4, -0.2) is 36.6 Å². The summed E-state index contributed by atoms with van der Waals surface area (Å²) < 4.78 is 41.6. The fourth-order valence-corrected chi connectivity index (χ4v) is 2.83. The Labute approximate surface area is 135 Å². The molecule has 0 aromatic carbocycles. The highest BCUT2D eigenvalue weighted by Gasteiger charge is 2.42. The molecule has 0 unspecified atom stereocenters. The molecule has 0 radical (unpaired) electrons. The standard InChI is InChI=1S/C14H17F3N6O/c1-2-23-10(3-5-19-23)13(24)18-8-12-21-20-11-7-9(14(15,16)17)4-6-22(11)12/h3,5,9H,2,4,6-8H2,1H3,(H,18,24)/t9-/m1/s1. The molecule has 3 heterocycles. The third-order valence-electron chi connectivity index (χ3n) is 4.15. The number of carbonyl (C=O) groups is 1. The van der Waals surface area contributed by atoms with Gasteiger partial charge in [0, 0.05) is 25.7 Å². The number of carbonyl (C=O) groups excluding carboxylic acids is 1. The minimum Gasteiger partial charge on any atom is -0.343 e. The summed E-state index contributed by atoms with van der Waals surface area (Å²) in [7, 11) is 0. The van der Waals surface area contributed by atoms with Crippen LogP contribution in [0.1, 0.15) is 35.5 Å². The van der Waals surface area contributed by atoms with Crippen molar-refractivity contribution in [2.45, 2.75) is 45.6 Å². The highest BCUT2D eigenvalue weighted by Crippen LogP contribution is 2.34. The van der Waals surface area contributed by atoms with Gasteiger partial charge in [-0.05, 0) is 19.4 Å². The first-order chi connectivity index (χ1) is 11.4. The van der Waals surface area contributed by atoms with Crippen LogP contribution in [0.2, 0.25) is 0 Å². The van der Waals surface area contributed by atoms with Crippen molar-refractivity contribution in [1.82, 2.24) is 29.9 Å². The lowest BCUT2D eigenvalue weighted by molar-refractivity contribution is -0.179. The second-order valence-electron chi connectivity index (χ2n) is 5.63. The molecule has 2 aromatic heterocycles. The molecule has 0 saturated heterocycles. The van der Waals surface area contributed by atoms with Crippen LogP contribution in [0.3, 0.4) is 0 Å². The minimum absolute atomic E-state index is 0.00189. The van der Waals surface area contributed by atoms with E-state index in [1.165, 1.54) is 6.20 Å². The van der Waals surface area contributed by atoms with Gasteiger partial charge in [0.15, 0.2) is 5.82 Å². The average molecular weight is 342 g/mol. The van der Waals surface area contributed by atoms with E-state index in [1.54, 1.807) is 15.3 Å². The molecule has 0 bridgehead atoms. The normalized spacial score (nSPS) is 17.6. The number of hydrogen-bond donors (Lipinski definition) is 1. The second-order valence-corrected chi connectivity index (χ2v) is 5.63. The topological polar surface area (TPSA) is 77.6 Å². The van der Waals surface area contributed by atoms with Crippen LogP contribution >= 0.6 is 0 Å². The van der Waals surface area contributed by atoms with E-state index in [1.807, 2.05) is 6.92 Å². The number of alkyl halides is 3. The quantitative estimate of drug-likeness (QED) is 0.914. The number of halogens is 3. The molecular weight excluding hydrogens is 325 g/mol. The molecule has 7 nitrogen and oxygen atoms in total. The predicted octanol–water partition coefficient (Wildman–Crippen LogP) is 1.55. The highest BCUT2D eigenvalue weighted by atomic mass is 19.4. The summed E-state index contributed by atoms with van der Waals surface area (Å²) in [5.41, 5.74) is 0.424. The number of rotatable bonds is 4. The largest absolute Gasteiger partial charge is 0.392 e. The Morgan fingerprint density at radius 1 is 1.42 bits per heavy atom. The lowest BCUT2D eigenvalue weighted by atomic mass is 9.97. The average Bonchev–Trinajstić information content (AvgIpc) is 3.17. The van der Waals surface area contributed by atoms with Crippen LogP contribution in [0.4, 0.5) is 13.2 Å². The second kappa shape index (κ2) is 6.25. The van der Waals surface area contributed by atoms with Gasteiger partial charge in [0.25, 0.3) is 5.91 Å². The summed E-state index contributed by atoms with van der Waals surface area (Å²) in [5, 5.41) is 14.5. The number of aryl methyl sites for hydroxylation is 1. The van der Waals surface area contributed by atoms with Gasteiger partial charge in [-0.2, -0.15) is 18.3 Å². The molecule has 1 amide bonds. The van der Waals surface area contributed by atoms with E-state index in [9.17, 15) is 18.0 Å². The van der Waals surface area contributed by atoms with Crippen LogP contribution in [-0.2, 0) is 26.1 Å². The molecule has 0 fully saturated rings. The number of aromatic nitrogens is 5. The fraction of sp³-hybridized carbons (Fsp3) is 0.571. The molecule has 1 aliphatic heterocycles. The van der Waals surface area contributed by atoms with Crippen LogP contribution in [0.5, 0.6) is 0 Å². The number of nitrogens with one attached hydrogen (secondary N) is 1. The maximum absolute atomic E-state index is 12.8. The smallest absolute Gasteiger partial charge is 0.343 e. The lowest BCUT2D eigenvalue weighted by Gasteiger charge is -2.25. The SMILES string of the molecule is CCn1nccc1C(=O)NCc1nnc2n1CC[C@@H](C(F)(F)F)C2. The van der Waals surface area contributed by atoms with Gasteiger partial charge in [0.2, 0.25) is 0 Å². The third kappa shape index (κ3) is 3.13. The first kappa shape index (κ1) is 16.5. The van der Waals surface area contributed by atoms with E-state index >= 15 is 0 Å². The zero-order valence-corrected chi connectivity index (χ0v) is 13.0. The predicted molar refractivity (Wildman–Crippen MR) is 77.0 cm³/mol. The van der Waals surface area contributed by atoms with Crippen molar-refractivity contribution in [3.63, 3.8) is 0 Å². The zero-order chi connectivity index (χ0) is 17.3. The number of fused-ring (bicyclic) bond motifs is 1. The number of hydrogen-bond acceptors (Lipinski definition) is 4. The Morgan fingerprint density at radius 3 is 2.92 bits per heavy atom. The van der Waals surface area contributed by atoms with Gasteiger partial charge in [-0.25, -0.2) is 0 Å². The number of amides is 1. The molecule has 3 rings (SSSR count). The highest BCUT2D eigenvalue weighted by molar-refractivity contribution is 5.92. The molecule has 24 heavy (non-hydrogen) atoms. The van der Waals surface area contributed by atoms with Crippen molar-refractivity contribution in [3.05, 3.63) is 29.6 Å². The molecular formula is C14H17F3N6O. The molecule has 0 saturated carbocycles. The Bertz CT molecular complexity index is 735. The zero-order valence-electron chi connectivity index (χ0n) is 13.0. The molecule has 1 atom stereocenters. The third-order valence-corrected chi connectivity index (χ3v) is 4.15. The first-order valence-corrected chi connectivity index (χ1v) is 7.67. The summed E-state index contributed by atoms with van der Waals surface area (Å²) >= 11 is 0. The summed E-state index contributed by atoms with van der Waals surface area (Å²) in [4.78, 5) is 12.2. The molecule has 10 heteroatoms. The molecule has 1 N–H and O–H groups in total. The van der Waals surface area contributed by atoms with Crippen molar-refractivity contribution in [2.75, 3.05) is 0 Å². The molecule has 2 aromatic rings. The van der Waals surface area contributed by atoms with E-state index in [-0.39, 0.29) is 31.8 Å². The Morgan fingerprint density at radius 2 is 2.21 bits per heavy atom. The van der Waals surface area contributed by atoms with Crippen molar-refractivity contribution in [2.24, 2.45) is 5.92 Å². The van der Waals surface area contributed by atoms with Gasteiger partial charge < -0.3 is 9.88 Å². The summed E-state index contributed by atoms with van der Waals surface area (Å²) in [5.74, 6) is -0.917. The van der Waals surface area contributed by atoms with E-state index in [2.05, 4.69) is 20.6 Å². The summed E-state index contributed by atoms with van der Waals surface area (Å²) in [6.07, 6.45) is -2.86. The Kier molecular flexibility index (Phi) is 4.29. The minimum atomic E-state index is -4.22. The summed E-state index contributed by atoms with van der Waals surface area (Å²) in [6.45, 7) is 2.74. The van der Waals surface area contributed by atoms with Crippen LogP contribution in [0, 0.1) is 5.92 Å². The monoisotopic (exact) mass is 342 g/mol. The van der Waals surface area contributed by atoms with Gasteiger partial charge >= 0.3 is 6.18 Å². The summed E-state index contributed by atoms with van der Waals surface area (Å²) in [6, 6.07) is 1.60. The molecule has 0 spiro atoms. The van der Waals surface area contributed by atoms with Crippen LogP contribution in [0.15, 0.2) is 12.3 Å². The first-order valence-electron chi connectivity index (χ1n) is 7.67. The Hall–Kier alpha value is -2.39. The van der Waals surface area contributed by atoms with E-state index in [0.29, 0.717) is 23.9 Å².